The van der Waals surface area contributed by atoms with Gasteiger partial charge < -0.3 is 15.3 Å². The van der Waals surface area contributed by atoms with E-state index in [9.17, 15) is 9.59 Å². The Morgan fingerprint density at radius 1 is 1.32 bits per heavy atom. The number of nitrogens with zero attached hydrogens (tertiary/aromatic N) is 1. The lowest BCUT2D eigenvalue weighted by atomic mass is 10.0. The van der Waals surface area contributed by atoms with Crippen LogP contribution in [0.3, 0.4) is 0 Å². The van der Waals surface area contributed by atoms with Gasteiger partial charge in [-0.1, -0.05) is 25.7 Å². The molecular formula is C13H22N2O3S. The van der Waals surface area contributed by atoms with Crippen LogP contribution in [0.1, 0.15) is 32.1 Å². The fourth-order valence-electron chi connectivity index (χ4n) is 2.84. The monoisotopic (exact) mass is 286 g/mol. The fourth-order valence-corrected chi connectivity index (χ4v) is 3.87. The summed E-state index contributed by atoms with van der Waals surface area (Å²) in [5, 5.41) is 12.0. The fraction of sp³-hybridized carbons (Fsp3) is 0.846. The molecule has 0 aromatic heterocycles. The standard InChI is InChI=1S/C13H22N2O3S/c16-12(17)11-9-19-8-7-15(11)13(18)14-6-5-10-3-1-2-4-10/h10-11H,1-9H2,(H,14,18)(H,16,17). The Kier molecular flexibility index (Phi) is 5.36. The highest BCUT2D eigenvalue weighted by molar-refractivity contribution is 7.99. The second-order valence-electron chi connectivity index (χ2n) is 5.29. The van der Waals surface area contributed by atoms with Crippen molar-refractivity contribution in [3.63, 3.8) is 0 Å². The van der Waals surface area contributed by atoms with E-state index in [1.54, 1.807) is 11.8 Å². The highest BCUT2D eigenvalue weighted by Gasteiger charge is 2.32. The second-order valence-corrected chi connectivity index (χ2v) is 6.44. The van der Waals surface area contributed by atoms with Crippen LogP contribution in [-0.2, 0) is 4.79 Å². The van der Waals surface area contributed by atoms with Gasteiger partial charge in [0.2, 0.25) is 0 Å². The first kappa shape index (κ1) is 14.5. The van der Waals surface area contributed by atoms with E-state index in [4.69, 9.17) is 5.11 Å². The van der Waals surface area contributed by atoms with E-state index >= 15 is 0 Å². The topological polar surface area (TPSA) is 69.6 Å². The molecule has 0 aromatic rings. The van der Waals surface area contributed by atoms with E-state index in [0.717, 1.165) is 18.1 Å². The molecule has 5 nitrogen and oxygen atoms in total. The Morgan fingerprint density at radius 2 is 2.05 bits per heavy atom. The van der Waals surface area contributed by atoms with Crippen LogP contribution in [0, 0.1) is 5.92 Å². The Hall–Kier alpha value is -0.910. The van der Waals surface area contributed by atoms with Gasteiger partial charge >= 0.3 is 12.0 Å². The van der Waals surface area contributed by atoms with E-state index < -0.39 is 12.0 Å². The zero-order chi connectivity index (χ0) is 13.7. The number of rotatable bonds is 4. The van der Waals surface area contributed by atoms with E-state index in [1.165, 1.54) is 30.6 Å². The summed E-state index contributed by atoms with van der Waals surface area (Å²) in [7, 11) is 0. The molecule has 2 N–H and O–H groups in total. The summed E-state index contributed by atoms with van der Waals surface area (Å²) < 4.78 is 0. The number of carboxylic acids is 1. The molecule has 0 spiro atoms. The molecule has 1 unspecified atom stereocenters. The maximum absolute atomic E-state index is 12.0. The highest BCUT2D eigenvalue weighted by atomic mass is 32.2. The van der Waals surface area contributed by atoms with Gasteiger partial charge in [-0.3, -0.25) is 0 Å². The summed E-state index contributed by atoms with van der Waals surface area (Å²) in [4.78, 5) is 24.6. The zero-order valence-electron chi connectivity index (χ0n) is 11.1. The van der Waals surface area contributed by atoms with Gasteiger partial charge in [0.1, 0.15) is 6.04 Å². The summed E-state index contributed by atoms with van der Waals surface area (Å²) in [5.74, 6) is 1.15. The van der Waals surface area contributed by atoms with Gasteiger partial charge in [0.15, 0.2) is 0 Å². The lowest BCUT2D eigenvalue weighted by Gasteiger charge is -2.32. The van der Waals surface area contributed by atoms with Crippen molar-refractivity contribution in [2.45, 2.75) is 38.1 Å². The summed E-state index contributed by atoms with van der Waals surface area (Å²) >= 11 is 1.59. The molecule has 0 aromatic carbocycles. The molecule has 2 rings (SSSR count). The largest absolute Gasteiger partial charge is 0.480 e. The summed E-state index contributed by atoms with van der Waals surface area (Å²) in [6.45, 7) is 1.19. The molecule has 2 aliphatic rings. The third-order valence-electron chi connectivity index (χ3n) is 3.98. The van der Waals surface area contributed by atoms with Gasteiger partial charge in [0.05, 0.1) is 0 Å². The average Bonchev–Trinajstić information content (AvgIpc) is 2.91. The Morgan fingerprint density at radius 3 is 2.74 bits per heavy atom. The molecule has 1 aliphatic carbocycles. The predicted molar refractivity (Wildman–Crippen MR) is 75.4 cm³/mol. The average molecular weight is 286 g/mol. The van der Waals surface area contributed by atoms with Crippen LogP contribution >= 0.6 is 11.8 Å². The first-order chi connectivity index (χ1) is 9.18. The zero-order valence-corrected chi connectivity index (χ0v) is 12.0. The van der Waals surface area contributed by atoms with Crippen LogP contribution in [0.15, 0.2) is 0 Å². The van der Waals surface area contributed by atoms with Gasteiger partial charge in [-0.25, -0.2) is 9.59 Å². The minimum atomic E-state index is -0.904. The van der Waals surface area contributed by atoms with Gasteiger partial charge in [0, 0.05) is 24.6 Å². The lowest BCUT2D eigenvalue weighted by Crippen LogP contribution is -2.53. The molecule has 2 fully saturated rings. The second kappa shape index (κ2) is 7.03. The van der Waals surface area contributed by atoms with Gasteiger partial charge in [-0.2, -0.15) is 11.8 Å². The maximum Gasteiger partial charge on any atom is 0.327 e. The minimum absolute atomic E-state index is 0.217. The number of hydrogen-bond donors (Lipinski definition) is 2. The highest BCUT2D eigenvalue weighted by Crippen LogP contribution is 2.27. The van der Waals surface area contributed by atoms with Crippen molar-refractivity contribution in [2.24, 2.45) is 5.92 Å². The predicted octanol–water partition coefficient (Wildman–Crippen LogP) is 1.78. The minimum Gasteiger partial charge on any atom is -0.480 e. The van der Waals surface area contributed by atoms with Crippen molar-refractivity contribution < 1.29 is 14.7 Å². The van der Waals surface area contributed by atoms with E-state index in [2.05, 4.69) is 5.32 Å². The molecule has 2 amide bonds. The number of carbonyl (C=O) groups excluding carboxylic acids is 1. The molecule has 1 saturated carbocycles. The van der Waals surface area contributed by atoms with Crippen LogP contribution in [-0.4, -0.2) is 52.6 Å². The molecule has 19 heavy (non-hydrogen) atoms. The van der Waals surface area contributed by atoms with Crippen LogP contribution in [0.2, 0.25) is 0 Å². The van der Waals surface area contributed by atoms with Crippen LogP contribution in [0.4, 0.5) is 4.79 Å². The van der Waals surface area contributed by atoms with E-state index in [-0.39, 0.29) is 6.03 Å². The number of carboxylic acid groups (broad SMARTS) is 1. The Labute approximate surface area is 118 Å². The van der Waals surface area contributed by atoms with Gasteiger partial charge in [0.25, 0.3) is 0 Å². The molecule has 0 radical (unpaired) electrons. The van der Waals surface area contributed by atoms with Crippen LogP contribution < -0.4 is 5.32 Å². The number of nitrogens with one attached hydrogen (secondary N) is 1. The molecule has 0 bridgehead atoms. The number of amides is 2. The summed E-state index contributed by atoms with van der Waals surface area (Å²) in [5.41, 5.74) is 0. The van der Waals surface area contributed by atoms with Crippen molar-refractivity contribution in [3.8, 4) is 0 Å². The lowest BCUT2D eigenvalue weighted by molar-refractivity contribution is -0.141. The molecule has 1 atom stereocenters. The van der Waals surface area contributed by atoms with Crippen molar-refractivity contribution in [1.82, 2.24) is 10.2 Å². The van der Waals surface area contributed by atoms with Gasteiger partial charge in [-0.15, -0.1) is 0 Å². The third kappa shape index (κ3) is 4.03. The number of aliphatic carboxylic acids is 1. The van der Waals surface area contributed by atoms with Crippen molar-refractivity contribution in [3.05, 3.63) is 0 Å². The number of urea groups is 1. The summed E-state index contributed by atoms with van der Waals surface area (Å²) in [6.07, 6.45) is 6.18. The first-order valence-electron chi connectivity index (χ1n) is 7.03. The molecule has 1 heterocycles. The Bertz CT molecular complexity index is 332. The molecular weight excluding hydrogens is 264 g/mol. The third-order valence-corrected chi connectivity index (χ3v) is 5.00. The maximum atomic E-state index is 12.0. The summed E-state index contributed by atoms with van der Waals surface area (Å²) in [6, 6.07) is -0.893. The van der Waals surface area contributed by atoms with E-state index in [0.29, 0.717) is 18.8 Å². The van der Waals surface area contributed by atoms with Crippen molar-refractivity contribution >= 4 is 23.8 Å². The number of thioether (sulfide) groups is 1. The van der Waals surface area contributed by atoms with E-state index in [1.807, 2.05) is 0 Å². The number of carbonyl (C=O) groups is 2. The van der Waals surface area contributed by atoms with Crippen LogP contribution in [0.5, 0.6) is 0 Å². The SMILES string of the molecule is O=C(O)C1CSCCN1C(=O)NCCC1CCCC1. The van der Waals surface area contributed by atoms with Crippen molar-refractivity contribution in [1.29, 1.82) is 0 Å². The van der Waals surface area contributed by atoms with Gasteiger partial charge in [-0.05, 0) is 12.3 Å². The quantitative estimate of drug-likeness (QED) is 0.826. The smallest absolute Gasteiger partial charge is 0.327 e. The number of hydrogen-bond acceptors (Lipinski definition) is 3. The van der Waals surface area contributed by atoms with Crippen LogP contribution in [0.25, 0.3) is 0 Å². The molecule has 108 valence electrons. The molecule has 6 heteroatoms. The Balaban J connectivity index is 1.75. The first-order valence-corrected chi connectivity index (χ1v) is 8.19. The normalized spacial score (nSPS) is 24.4. The molecule has 1 aliphatic heterocycles. The molecule has 1 saturated heterocycles. The van der Waals surface area contributed by atoms with Crippen molar-refractivity contribution in [2.75, 3.05) is 24.6 Å².